The molecule has 1 aromatic heterocycles. The van der Waals surface area contributed by atoms with Crippen LogP contribution < -0.4 is 0 Å². The van der Waals surface area contributed by atoms with Gasteiger partial charge in [0.25, 0.3) is 5.69 Å². The van der Waals surface area contributed by atoms with Crippen LogP contribution in [-0.4, -0.2) is 9.91 Å². The van der Waals surface area contributed by atoms with Crippen LogP contribution in [0.4, 0.5) is 5.69 Å². The number of benzene rings is 2. The van der Waals surface area contributed by atoms with Crippen LogP contribution in [-0.2, 0) is 12.8 Å². The second kappa shape index (κ2) is 6.54. The molecule has 0 spiro atoms. The summed E-state index contributed by atoms with van der Waals surface area (Å²) in [4.78, 5) is 16.4. The van der Waals surface area contributed by atoms with E-state index < -0.39 is 4.92 Å². The van der Waals surface area contributed by atoms with Crippen molar-refractivity contribution >= 4 is 28.7 Å². The number of non-ortho nitro benzene ring substituents is 1. The number of aryl methyl sites for hydroxylation is 2. The molecule has 4 rings (SSSR count). The Morgan fingerprint density at radius 1 is 1.23 bits per heavy atom. The minimum absolute atomic E-state index is 0.00315. The molecule has 0 unspecified atom stereocenters. The summed E-state index contributed by atoms with van der Waals surface area (Å²) in [7, 11) is 0. The summed E-state index contributed by atoms with van der Waals surface area (Å²) in [5.74, 6) is 0. The number of nitro benzene ring substituents is 1. The molecule has 0 atom stereocenters. The van der Waals surface area contributed by atoms with Gasteiger partial charge in [0, 0.05) is 22.6 Å². The first kappa shape index (κ1) is 16.2. The zero-order valence-corrected chi connectivity index (χ0v) is 14.5. The van der Waals surface area contributed by atoms with Gasteiger partial charge in [-0.2, -0.15) is 5.26 Å². The Balaban J connectivity index is 1.76. The summed E-state index contributed by atoms with van der Waals surface area (Å²) in [6.07, 6.45) is 3.55. The zero-order valence-electron chi connectivity index (χ0n) is 13.7. The van der Waals surface area contributed by atoms with Crippen molar-refractivity contribution in [3.8, 4) is 17.3 Å². The van der Waals surface area contributed by atoms with Crippen LogP contribution in [0.3, 0.4) is 0 Å². The smallest absolute Gasteiger partial charge is 0.258 e. The van der Waals surface area contributed by atoms with Crippen molar-refractivity contribution in [2.45, 2.75) is 12.8 Å². The molecular formula is C20H13N3O2S. The first-order valence-electron chi connectivity index (χ1n) is 8.10. The second-order valence-electron chi connectivity index (χ2n) is 5.97. The van der Waals surface area contributed by atoms with E-state index in [9.17, 15) is 15.4 Å². The Kier molecular flexibility index (Phi) is 4.07. The van der Waals surface area contributed by atoms with Gasteiger partial charge in [0.1, 0.15) is 11.1 Å². The van der Waals surface area contributed by atoms with E-state index in [1.165, 1.54) is 33.9 Å². The third-order valence-corrected chi connectivity index (χ3v) is 5.48. The van der Waals surface area contributed by atoms with Crippen LogP contribution in [0.15, 0.2) is 48.5 Å². The van der Waals surface area contributed by atoms with E-state index in [-0.39, 0.29) is 5.69 Å². The molecule has 0 amide bonds. The van der Waals surface area contributed by atoms with Gasteiger partial charge in [0.15, 0.2) is 0 Å². The standard InChI is InChI=1S/C20H13N3O2S/c21-12-15(10-13-4-3-6-16(11-13)23(24)25)20-22-19-17-7-2-1-5-14(17)8-9-18(19)26-20/h1-7,10-11H,8-9H2/b15-10+. The van der Waals surface area contributed by atoms with Gasteiger partial charge in [-0.1, -0.05) is 36.4 Å². The number of aromatic nitrogens is 1. The van der Waals surface area contributed by atoms with Crippen molar-refractivity contribution in [3.63, 3.8) is 0 Å². The van der Waals surface area contributed by atoms with Crippen molar-refractivity contribution in [3.05, 3.63) is 79.7 Å². The van der Waals surface area contributed by atoms with Crippen LogP contribution in [0, 0.1) is 21.4 Å². The molecule has 0 N–H and O–H groups in total. The molecule has 6 heteroatoms. The first-order chi connectivity index (χ1) is 12.7. The molecule has 0 saturated carbocycles. The second-order valence-corrected chi connectivity index (χ2v) is 7.05. The average molecular weight is 359 g/mol. The van der Waals surface area contributed by atoms with Gasteiger partial charge in [0.05, 0.1) is 16.2 Å². The molecule has 126 valence electrons. The Labute approximate surface area is 154 Å². The molecule has 3 aromatic rings. The van der Waals surface area contributed by atoms with Gasteiger partial charge in [-0.15, -0.1) is 11.3 Å². The normalized spacial score (nSPS) is 12.8. The van der Waals surface area contributed by atoms with Crippen LogP contribution in [0.25, 0.3) is 22.9 Å². The van der Waals surface area contributed by atoms with Crippen molar-refractivity contribution in [1.82, 2.24) is 4.98 Å². The molecule has 1 aliphatic carbocycles. The van der Waals surface area contributed by atoms with Crippen LogP contribution in [0.5, 0.6) is 0 Å². The highest BCUT2D eigenvalue weighted by Gasteiger charge is 2.21. The van der Waals surface area contributed by atoms with Crippen LogP contribution >= 0.6 is 11.3 Å². The average Bonchev–Trinajstić information content (AvgIpc) is 3.11. The van der Waals surface area contributed by atoms with E-state index in [0.29, 0.717) is 16.1 Å². The molecule has 0 radical (unpaired) electrons. The molecular weight excluding hydrogens is 346 g/mol. The minimum Gasteiger partial charge on any atom is -0.258 e. The predicted octanol–water partition coefficient (Wildman–Crippen LogP) is 4.88. The van der Waals surface area contributed by atoms with Gasteiger partial charge < -0.3 is 0 Å². The van der Waals surface area contributed by atoms with Crippen molar-refractivity contribution in [1.29, 1.82) is 5.26 Å². The van der Waals surface area contributed by atoms with E-state index in [1.807, 2.05) is 12.1 Å². The zero-order chi connectivity index (χ0) is 18.1. The summed E-state index contributed by atoms with van der Waals surface area (Å²) in [5.41, 5.74) is 4.39. The number of nitrogens with zero attached hydrogens (tertiary/aromatic N) is 3. The number of hydrogen-bond donors (Lipinski definition) is 0. The van der Waals surface area contributed by atoms with E-state index in [0.717, 1.165) is 24.1 Å². The van der Waals surface area contributed by atoms with Gasteiger partial charge in [0.2, 0.25) is 0 Å². The topological polar surface area (TPSA) is 79.8 Å². The highest BCUT2D eigenvalue weighted by molar-refractivity contribution is 7.13. The third kappa shape index (κ3) is 2.89. The Morgan fingerprint density at radius 3 is 2.88 bits per heavy atom. The van der Waals surface area contributed by atoms with Gasteiger partial charge in [-0.05, 0) is 30.0 Å². The van der Waals surface area contributed by atoms with Crippen LogP contribution in [0.2, 0.25) is 0 Å². The Hall–Kier alpha value is -3.30. The number of thiazole rings is 1. The maximum Gasteiger partial charge on any atom is 0.270 e. The van der Waals surface area contributed by atoms with E-state index in [4.69, 9.17) is 4.98 Å². The lowest BCUT2D eigenvalue weighted by molar-refractivity contribution is -0.384. The minimum atomic E-state index is -0.442. The summed E-state index contributed by atoms with van der Waals surface area (Å²) in [5, 5.41) is 21.2. The van der Waals surface area contributed by atoms with E-state index >= 15 is 0 Å². The summed E-state index contributed by atoms with van der Waals surface area (Å²) in [6, 6.07) is 16.6. The molecule has 1 aliphatic rings. The monoisotopic (exact) mass is 359 g/mol. The lowest BCUT2D eigenvalue weighted by atomic mass is 9.94. The molecule has 0 fully saturated rings. The number of rotatable bonds is 3. The third-order valence-electron chi connectivity index (χ3n) is 4.33. The SMILES string of the molecule is N#C/C(=C\c1cccc([N+](=O)[O-])c1)c1nc2c(s1)CCc1ccccc1-2. The Morgan fingerprint density at radius 2 is 2.08 bits per heavy atom. The number of allylic oxidation sites excluding steroid dienone is 1. The lowest BCUT2D eigenvalue weighted by Gasteiger charge is -2.13. The van der Waals surface area contributed by atoms with E-state index in [2.05, 4.69) is 18.2 Å². The molecule has 26 heavy (non-hydrogen) atoms. The summed E-state index contributed by atoms with van der Waals surface area (Å²) in [6.45, 7) is 0. The molecule has 0 bridgehead atoms. The highest BCUT2D eigenvalue weighted by atomic mass is 32.1. The molecule has 5 nitrogen and oxygen atoms in total. The maximum atomic E-state index is 10.9. The molecule has 1 heterocycles. The maximum absolute atomic E-state index is 10.9. The number of fused-ring (bicyclic) bond motifs is 3. The van der Waals surface area contributed by atoms with Gasteiger partial charge in [-0.25, -0.2) is 4.98 Å². The first-order valence-corrected chi connectivity index (χ1v) is 8.92. The van der Waals surface area contributed by atoms with Gasteiger partial charge in [-0.3, -0.25) is 10.1 Å². The quantitative estimate of drug-likeness (QED) is 0.379. The molecule has 0 aliphatic heterocycles. The fourth-order valence-corrected chi connectivity index (χ4v) is 4.14. The summed E-state index contributed by atoms with van der Waals surface area (Å²) >= 11 is 1.53. The largest absolute Gasteiger partial charge is 0.270 e. The van der Waals surface area contributed by atoms with Crippen molar-refractivity contribution in [2.75, 3.05) is 0 Å². The number of hydrogen-bond acceptors (Lipinski definition) is 5. The van der Waals surface area contributed by atoms with Crippen LogP contribution in [0.1, 0.15) is 21.0 Å². The van der Waals surface area contributed by atoms with Gasteiger partial charge >= 0.3 is 0 Å². The van der Waals surface area contributed by atoms with Crippen molar-refractivity contribution in [2.24, 2.45) is 0 Å². The molecule has 2 aromatic carbocycles. The highest BCUT2D eigenvalue weighted by Crippen LogP contribution is 2.38. The number of nitro groups is 1. The summed E-state index contributed by atoms with van der Waals surface area (Å²) < 4.78 is 0. The number of nitriles is 1. The fraction of sp³-hybridized carbons (Fsp3) is 0.100. The predicted molar refractivity (Wildman–Crippen MR) is 102 cm³/mol. The lowest BCUT2D eigenvalue weighted by Crippen LogP contribution is -2.01. The molecule has 0 saturated heterocycles. The Bertz CT molecular complexity index is 1090. The fourth-order valence-electron chi connectivity index (χ4n) is 3.10. The van der Waals surface area contributed by atoms with Crippen molar-refractivity contribution < 1.29 is 4.92 Å². The van der Waals surface area contributed by atoms with E-state index in [1.54, 1.807) is 18.2 Å².